The number of phenols is 1. The van der Waals surface area contributed by atoms with E-state index >= 15 is 0 Å². The maximum Gasteiger partial charge on any atom is 0.255 e. The van der Waals surface area contributed by atoms with Crippen LogP contribution in [-0.2, 0) is 0 Å². The second kappa shape index (κ2) is 3.29. The van der Waals surface area contributed by atoms with Gasteiger partial charge >= 0.3 is 0 Å². The topological polar surface area (TPSA) is 49.3 Å². The van der Waals surface area contributed by atoms with Gasteiger partial charge in [0.2, 0.25) is 0 Å². The fourth-order valence-electron chi connectivity index (χ4n) is 1.18. The van der Waals surface area contributed by atoms with Crippen LogP contribution in [0.25, 0.3) is 0 Å². The zero-order valence-electron chi connectivity index (χ0n) is 7.46. The Morgan fingerprint density at radius 1 is 1.50 bits per heavy atom. The van der Waals surface area contributed by atoms with E-state index in [0.717, 1.165) is 25.0 Å². The lowest BCUT2D eigenvalue weighted by Gasteiger charge is -2.04. The predicted octanol–water partition coefficient (Wildman–Crippen LogP) is 1.42. The van der Waals surface area contributed by atoms with Gasteiger partial charge < -0.3 is 10.4 Å². The van der Waals surface area contributed by atoms with Crippen LogP contribution in [0, 0.1) is 5.82 Å². The van der Waals surface area contributed by atoms with Crippen molar-refractivity contribution in [3.8, 4) is 5.75 Å². The number of phenolic OH excluding ortho intramolecular Hbond substituents is 1. The Morgan fingerprint density at radius 2 is 2.21 bits per heavy atom. The molecule has 0 atom stereocenters. The summed E-state index contributed by atoms with van der Waals surface area (Å²) in [5.41, 5.74) is -0.00287. The predicted molar refractivity (Wildman–Crippen MR) is 48.6 cm³/mol. The van der Waals surface area contributed by atoms with Crippen molar-refractivity contribution in [2.75, 3.05) is 0 Å². The molecule has 14 heavy (non-hydrogen) atoms. The highest BCUT2D eigenvalue weighted by atomic mass is 19.1. The van der Waals surface area contributed by atoms with Crippen molar-refractivity contribution in [1.82, 2.24) is 5.32 Å². The molecule has 4 heteroatoms. The molecule has 2 rings (SSSR count). The van der Waals surface area contributed by atoms with E-state index in [0.29, 0.717) is 0 Å². The molecular formula is C10H10FNO2. The second-order valence-electron chi connectivity index (χ2n) is 3.41. The summed E-state index contributed by atoms with van der Waals surface area (Å²) in [6, 6.07) is 3.53. The van der Waals surface area contributed by atoms with Crippen LogP contribution >= 0.6 is 0 Å². The van der Waals surface area contributed by atoms with Gasteiger partial charge in [-0.3, -0.25) is 4.79 Å². The minimum Gasteiger partial charge on any atom is -0.507 e. The minimum atomic E-state index is -0.524. The number of hydrogen-bond donors (Lipinski definition) is 2. The monoisotopic (exact) mass is 195 g/mol. The van der Waals surface area contributed by atoms with Gasteiger partial charge in [-0.15, -0.1) is 0 Å². The largest absolute Gasteiger partial charge is 0.507 e. The number of benzene rings is 1. The fourth-order valence-corrected chi connectivity index (χ4v) is 1.18. The van der Waals surface area contributed by atoms with E-state index in [1.807, 2.05) is 0 Å². The Kier molecular flexibility index (Phi) is 2.11. The van der Waals surface area contributed by atoms with Crippen molar-refractivity contribution < 1.29 is 14.3 Å². The normalized spacial score (nSPS) is 15.2. The molecule has 1 aromatic rings. The number of aromatic hydroxyl groups is 1. The van der Waals surface area contributed by atoms with Gasteiger partial charge in [-0.2, -0.15) is 0 Å². The Bertz CT molecular complexity index is 374. The van der Waals surface area contributed by atoms with Gasteiger partial charge in [0, 0.05) is 6.04 Å². The maximum absolute atomic E-state index is 12.8. The lowest BCUT2D eigenvalue weighted by Crippen LogP contribution is -2.25. The van der Waals surface area contributed by atoms with Crippen LogP contribution in [0.5, 0.6) is 5.75 Å². The molecule has 0 unspecified atom stereocenters. The van der Waals surface area contributed by atoms with Crippen LogP contribution in [0.1, 0.15) is 23.2 Å². The van der Waals surface area contributed by atoms with Gasteiger partial charge in [0.25, 0.3) is 5.91 Å². The molecule has 0 saturated heterocycles. The highest BCUT2D eigenvalue weighted by Crippen LogP contribution is 2.22. The highest BCUT2D eigenvalue weighted by molar-refractivity contribution is 5.97. The van der Waals surface area contributed by atoms with Crippen molar-refractivity contribution >= 4 is 5.91 Å². The van der Waals surface area contributed by atoms with Crippen LogP contribution in [0.15, 0.2) is 18.2 Å². The van der Waals surface area contributed by atoms with Crippen LogP contribution in [0.2, 0.25) is 0 Å². The third kappa shape index (κ3) is 1.84. The molecule has 1 fully saturated rings. The summed E-state index contributed by atoms with van der Waals surface area (Å²) in [7, 11) is 0. The summed E-state index contributed by atoms with van der Waals surface area (Å²) in [6.45, 7) is 0. The number of hydrogen-bond acceptors (Lipinski definition) is 2. The third-order valence-corrected chi connectivity index (χ3v) is 2.12. The fraction of sp³-hybridized carbons (Fsp3) is 0.300. The molecule has 1 aromatic carbocycles. The van der Waals surface area contributed by atoms with E-state index in [1.165, 1.54) is 6.07 Å². The van der Waals surface area contributed by atoms with Crippen molar-refractivity contribution in [2.45, 2.75) is 18.9 Å². The second-order valence-corrected chi connectivity index (χ2v) is 3.41. The molecule has 0 heterocycles. The summed E-state index contributed by atoms with van der Waals surface area (Å²) < 4.78 is 12.8. The molecule has 0 bridgehead atoms. The summed E-state index contributed by atoms with van der Waals surface area (Å²) >= 11 is 0. The molecule has 3 nitrogen and oxygen atoms in total. The maximum atomic E-state index is 12.8. The van der Waals surface area contributed by atoms with Gasteiger partial charge in [-0.05, 0) is 31.0 Å². The van der Waals surface area contributed by atoms with Crippen LogP contribution in [0.4, 0.5) is 4.39 Å². The zero-order valence-corrected chi connectivity index (χ0v) is 7.46. The van der Waals surface area contributed by atoms with Gasteiger partial charge in [0.05, 0.1) is 5.56 Å². The molecule has 74 valence electrons. The molecule has 0 aromatic heterocycles. The van der Waals surface area contributed by atoms with Gasteiger partial charge in [0.1, 0.15) is 11.6 Å². The summed E-state index contributed by atoms with van der Waals surface area (Å²) in [5.74, 6) is -1.13. The number of rotatable bonds is 2. The lowest BCUT2D eigenvalue weighted by atomic mass is 10.2. The minimum absolute atomic E-state index is 0.00287. The Hall–Kier alpha value is -1.58. The van der Waals surface area contributed by atoms with E-state index in [9.17, 15) is 14.3 Å². The van der Waals surface area contributed by atoms with E-state index in [-0.39, 0.29) is 17.4 Å². The van der Waals surface area contributed by atoms with Crippen molar-refractivity contribution in [3.05, 3.63) is 29.6 Å². The number of halogens is 1. The van der Waals surface area contributed by atoms with E-state index in [1.54, 1.807) is 0 Å². The SMILES string of the molecule is O=C(NC1CC1)c1cc(F)ccc1O. The zero-order chi connectivity index (χ0) is 10.1. The molecule has 0 spiro atoms. The van der Waals surface area contributed by atoms with Crippen LogP contribution < -0.4 is 5.32 Å². The average molecular weight is 195 g/mol. The standard InChI is InChI=1S/C10H10FNO2/c11-6-1-4-9(13)8(5-6)10(14)12-7-2-3-7/h1,4-5,7,13H,2-3H2,(H,12,14). The Morgan fingerprint density at radius 3 is 2.86 bits per heavy atom. The van der Waals surface area contributed by atoms with Crippen molar-refractivity contribution in [1.29, 1.82) is 0 Å². The van der Waals surface area contributed by atoms with Crippen molar-refractivity contribution in [3.63, 3.8) is 0 Å². The summed E-state index contributed by atoms with van der Waals surface area (Å²) in [5, 5.41) is 12.0. The molecule has 1 saturated carbocycles. The van der Waals surface area contributed by atoms with E-state index in [2.05, 4.69) is 5.32 Å². The van der Waals surface area contributed by atoms with Crippen LogP contribution in [0.3, 0.4) is 0 Å². The Labute approximate surface area is 80.6 Å². The van der Waals surface area contributed by atoms with Gasteiger partial charge in [-0.25, -0.2) is 4.39 Å². The molecule has 0 aliphatic heterocycles. The number of carbonyl (C=O) groups is 1. The van der Waals surface area contributed by atoms with Gasteiger partial charge in [0.15, 0.2) is 0 Å². The molecule has 0 radical (unpaired) electrons. The number of amides is 1. The Balaban J connectivity index is 2.20. The first-order valence-electron chi connectivity index (χ1n) is 4.46. The van der Waals surface area contributed by atoms with E-state index < -0.39 is 11.7 Å². The average Bonchev–Trinajstić information content (AvgIpc) is 2.93. The highest BCUT2D eigenvalue weighted by Gasteiger charge is 2.24. The molecular weight excluding hydrogens is 185 g/mol. The van der Waals surface area contributed by atoms with E-state index in [4.69, 9.17) is 0 Å². The van der Waals surface area contributed by atoms with Gasteiger partial charge in [-0.1, -0.05) is 0 Å². The van der Waals surface area contributed by atoms with Crippen molar-refractivity contribution in [2.24, 2.45) is 0 Å². The number of nitrogens with one attached hydrogen (secondary N) is 1. The molecule has 2 N–H and O–H groups in total. The first-order valence-corrected chi connectivity index (χ1v) is 4.46. The quantitative estimate of drug-likeness (QED) is 0.749. The first-order chi connectivity index (χ1) is 6.66. The molecule has 1 amide bonds. The summed E-state index contributed by atoms with van der Waals surface area (Å²) in [4.78, 5) is 11.4. The van der Waals surface area contributed by atoms with Crippen LogP contribution in [-0.4, -0.2) is 17.1 Å². The smallest absolute Gasteiger partial charge is 0.255 e. The summed E-state index contributed by atoms with van der Waals surface area (Å²) in [6.07, 6.45) is 1.92. The number of carbonyl (C=O) groups excluding carboxylic acids is 1. The molecule has 1 aliphatic rings. The third-order valence-electron chi connectivity index (χ3n) is 2.12. The molecule has 1 aliphatic carbocycles. The lowest BCUT2D eigenvalue weighted by molar-refractivity contribution is 0.0948. The first kappa shape index (κ1) is 8.99.